The van der Waals surface area contributed by atoms with Crippen LogP contribution in [0.5, 0.6) is 0 Å². The highest BCUT2D eigenvalue weighted by Gasteiger charge is 2.19. The average molecular weight is 336 g/mol. The minimum Gasteiger partial charge on any atom is -0.349 e. The zero-order valence-electron chi connectivity index (χ0n) is 14.2. The van der Waals surface area contributed by atoms with Crippen molar-refractivity contribution in [3.05, 3.63) is 65.7 Å². The Morgan fingerprint density at radius 2 is 1.72 bits per heavy atom. The van der Waals surface area contributed by atoms with E-state index in [1.165, 1.54) is 4.90 Å². The van der Waals surface area contributed by atoms with Crippen molar-refractivity contribution in [2.75, 3.05) is 19.4 Å². The molecule has 0 aromatic heterocycles. The average Bonchev–Trinajstić information content (AvgIpc) is 2.62. The van der Waals surface area contributed by atoms with Crippen molar-refractivity contribution in [3.63, 3.8) is 0 Å². The number of benzene rings is 2. The molecular formula is C19H20N4O2. The molecule has 2 N–H and O–H groups in total. The first-order valence-electron chi connectivity index (χ1n) is 7.82. The van der Waals surface area contributed by atoms with Gasteiger partial charge in [-0.1, -0.05) is 30.3 Å². The largest absolute Gasteiger partial charge is 0.349 e. The lowest BCUT2D eigenvalue weighted by Crippen LogP contribution is -2.36. The van der Waals surface area contributed by atoms with Crippen molar-refractivity contribution in [2.24, 2.45) is 0 Å². The van der Waals surface area contributed by atoms with Crippen molar-refractivity contribution in [2.45, 2.75) is 12.5 Å². The molecule has 25 heavy (non-hydrogen) atoms. The summed E-state index contributed by atoms with van der Waals surface area (Å²) in [6.07, 6.45) is 0.164. The van der Waals surface area contributed by atoms with E-state index in [-0.39, 0.29) is 12.3 Å². The summed E-state index contributed by atoms with van der Waals surface area (Å²) >= 11 is 0. The van der Waals surface area contributed by atoms with Crippen LogP contribution in [0.4, 0.5) is 10.5 Å². The van der Waals surface area contributed by atoms with Gasteiger partial charge in [0.1, 0.15) is 0 Å². The Bertz CT molecular complexity index is 764. The molecule has 128 valence electrons. The number of anilines is 1. The zero-order chi connectivity index (χ0) is 18.2. The van der Waals surface area contributed by atoms with Gasteiger partial charge in [-0.05, 0) is 29.8 Å². The van der Waals surface area contributed by atoms with Crippen LogP contribution < -0.4 is 10.6 Å². The van der Waals surface area contributed by atoms with Crippen molar-refractivity contribution in [1.29, 1.82) is 5.26 Å². The van der Waals surface area contributed by atoms with E-state index in [2.05, 4.69) is 10.6 Å². The molecule has 0 aliphatic heterocycles. The van der Waals surface area contributed by atoms with Gasteiger partial charge >= 0.3 is 6.03 Å². The smallest absolute Gasteiger partial charge is 0.319 e. The molecule has 0 saturated carbocycles. The topological polar surface area (TPSA) is 85.2 Å². The van der Waals surface area contributed by atoms with Gasteiger partial charge in [0, 0.05) is 19.8 Å². The normalized spacial score (nSPS) is 11.1. The maximum Gasteiger partial charge on any atom is 0.319 e. The van der Waals surface area contributed by atoms with Crippen molar-refractivity contribution in [3.8, 4) is 6.07 Å². The summed E-state index contributed by atoms with van der Waals surface area (Å²) in [4.78, 5) is 25.8. The van der Waals surface area contributed by atoms with Gasteiger partial charge in [-0.25, -0.2) is 4.79 Å². The van der Waals surface area contributed by atoms with Crippen LogP contribution in [0.3, 0.4) is 0 Å². The van der Waals surface area contributed by atoms with Gasteiger partial charge in [0.15, 0.2) is 0 Å². The number of hydrogen-bond acceptors (Lipinski definition) is 3. The lowest BCUT2D eigenvalue weighted by atomic mass is 10.0. The molecule has 6 nitrogen and oxygen atoms in total. The second-order valence-electron chi connectivity index (χ2n) is 5.74. The van der Waals surface area contributed by atoms with Crippen LogP contribution in [0.1, 0.15) is 23.6 Å². The molecule has 0 unspecified atom stereocenters. The molecule has 0 fully saturated rings. The molecule has 2 aromatic rings. The lowest BCUT2D eigenvalue weighted by molar-refractivity contribution is -0.129. The second-order valence-corrected chi connectivity index (χ2v) is 5.74. The molecule has 2 rings (SSSR count). The summed E-state index contributed by atoms with van der Waals surface area (Å²) in [5.74, 6) is -0.0764. The van der Waals surface area contributed by atoms with Gasteiger partial charge in [-0.2, -0.15) is 5.26 Å². The number of rotatable bonds is 5. The summed E-state index contributed by atoms with van der Waals surface area (Å²) in [6, 6.07) is 17.1. The van der Waals surface area contributed by atoms with Gasteiger partial charge in [0.05, 0.1) is 24.1 Å². The van der Waals surface area contributed by atoms with E-state index >= 15 is 0 Å². The minimum atomic E-state index is -0.436. The van der Waals surface area contributed by atoms with Crippen molar-refractivity contribution in [1.82, 2.24) is 10.2 Å². The Labute approximate surface area is 147 Å². The fourth-order valence-electron chi connectivity index (χ4n) is 2.25. The third kappa shape index (κ3) is 5.36. The number of nitriles is 1. The molecule has 0 spiro atoms. The molecule has 0 heterocycles. The van der Waals surface area contributed by atoms with Crippen LogP contribution >= 0.6 is 0 Å². The summed E-state index contributed by atoms with van der Waals surface area (Å²) in [6.45, 7) is 0. The number of hydrogen-bond donors (Lipinski definition) is 2. The van der Waals surface area contributed by atoms with Gasteiger partial charge in [-0.15, -0.1) is 0 Å². The van der Waals surface area contributed by atoms with E-state index in [9.17, 15) is 9.59 Å². The summed E-state index contributed by atoms with van der Waals surface area (Å²) in [5, 5.41) is 14.3. The first-order chi connectivity index (χ1) is 12.0. The molecule has 0 aliphatic carbocycles. The number of nitrogens with one attached hydrogen (secondary N) is 2. The van der Waals surface area contributed by atoms with Crippen molar-refractivity contribution >= 4 is 17.6 Å². The monoisotopic (exact) mass is 336 g/mol. The van der Waals surface area contributed by atoms with Gasteiger partial charge in [0.2, 0.25) is 5.91 Å². The Morgan fingerprint density at radius 3 is 2.28 bits per heavy atom. The van der Waals surface area contributed by atoms with E-state index in [1.54, 1.807) is 38.4 Å². The molecule has 0 saturated heterocycles. The number of carbonyl (C=O) groups excluding carboxylic acids is 2. The number of urea groups is 1. The molecule has 6 heteroatoms. The maximum absolute atomic E-state index is 12.3. The number of amides is 3. The summed E-state index contributed by atoms with van der Waals surface area (Å²) < 4.78 is 0. The Balaban J connectivity index is 2.08. The van der Waals surface area contributed by atoms with Crippen molar-refractivity contribution < 1.29 is 9.59 Å². The molecule has 1 atom stereocenters. The summed E-state index contributed by atoms with van der Waals surface area (Å²) in [5.41, 5.74) is 1.94. The van der Waals surface area contributed by atoms with Crippen LogP contribution in [0.2, 0.25) is 0 Å². The Morgan fingerprint density at radius 1 is 1.08 bits per heavy atom. The fraction of sp³-hybridized carbons (Fsp3) is 0.211. The third-order valence-electron chi connectivity index (χ3n) is 3.66. The van der Waals surface area contributed by atoms with Gasteiger partial charge in [0.25, 0.3) is 0 Å². The van der Waals surface area contributed by atoms with E-state index in [0.717, 1.165) is 5.56 Å². The minimum absolute atomic E-state index is 0.0764. The highest BCUT2D eigenvalue weighted by molar-refractivity contribution is 5.90. The molecule has 0 radical (unpaired) electrons. The zero-order valence-corrected chi connectivity index (χ0v) is 14.2. The van der Waals surface area contributed by atoms with Crippen LogP contribution in [-0.4, -0.2) is 30.9 Å². The third-order valence-corrected chi connectivity index (χ3v) is 3.66. The van der Waals surface area contributed by atoms with E-state index < -0.39 is 12.1 Å². The van der Waals surface area contributed by atoms with Crippen LogP contribution in [0.25, 0.3) is 0 Å². The molecule has 2 aromatic carbocycles. The van der Waals surface area contributed by atoms with Crippen LogP contribution in [0, 0.1) is 11.3 Å². The van der Waals surface area contributed by atoms with E-state index in [1.807, 2.05) is 36.4 Å². The van der Waals surface area contributed by atoms with Gasteiger partial charge < -0.3 is 15.5 Å². The quantitative estimate of drug-likeness (QED) is 0.880. The molecular weight excluding hydrogens is 316 g/mol. The predicted molar refractivity (Wildman–Crippen MR) is 95.8 cm³/mol. The summed E-state index contributed by atoms with van der Waals surface area (Å²) in [7, 11) is 3.36. The molecule has 0 aliphatic rings. The first kappa shape index (κ1) is 18.0. The highest BCUT2D eigenvalue weighted by Crippen LogP contribution is 2.18. The van der Waals surface area contributed by atoms with Crippen LogP contribution in [0.15, 0.2) is 54.6 Å². The number of nitrogens with zero attached hydrogens (tertiary/aromatic N) is 2. The fourth-order valence-corrected chi connectivity index (χ4v) is 2.25. The highest BCUT2D eigenvalue weighted by atomic mass is 16.2. The SMILES string of the molecule is CN(C)C(=O)C[C@@H](NC(=O)Nc1ccc(C#N)cc1)c1ccccc1. The van der Waals surface area contributed by atoms with Gasteiger partial charge in [-0.3, -0.25) is 4.79 Å². The Kier molecular flexibility index (Phi) is 6.13. The number of carbonyl (C=O) groups is 2. The predicted octanol–water partition coefficient (Wildman–Crippen LogP) is 2.90. The second kappa shape index (κ2) is 8.50. The molecule has 3 amide bonds. The van der Waals surface area contributed by atoms with Crippen LogP contribution in [-0.2, 0) is 4.79 Å². The standard InChI is InChI=1S/C19H20N4O2/c1-23(2)18(24)12-17(15-6-4-3-5-7-15)22-19(25)21-16-10-8-14(13-20)9-11-16/h3-11,17H,12H2,1-2H3,(H2,21,22,25)/t17-/m1/s1. The van der Waals surface area contributed by atoms with E-state index in [0.29, 0.717) is 11.3 Å². The molecule has 0 bridgehead atoms. The first-order valence-corrected chi connectivity index (χ1v) is 7.82. The van der Waals surface area contributed by atoms with E-state index in [4.69, 9.17) is 5.26 Å². The maximum atomic E-state index is 12.3. The lowest BCUT2D eigenvalue weighted by Gasteiger charge is -2.21. The Hall–Kier alpha value is -3.33.